The van der Waals surface area contributed by atoms with Gasteiger partial charge in [0.1, 0.15) is 0 Å². The fraction of sp³-hybridized carbons (Fsp3) is 0.375. The van der Waals surface area contributed by atoms with E-state index < -0.39 is 0 Å². The van der Waals surface area contributed by atoms with Crippen LogP contribution in [0.4, 0.5) is 0 Å². The first-order valence-electron chi connectivity index (χ1n) is 3.59. The number of carbonyl (C=O) groups excluding carboxylic acids is 1. The molecule has 1 unspecified atom stereocenters. The maximum absolute atomic E-state index is 10.9. The van der Waals surface area contributed by atoms with E-state index in [1.165, 1.54) is 0 Å². The highest BCUT2D eigenvalue weighted by atomic mass is 32.2. The molecular formula is C8H9NOS. The van der Waals surface area contributed by atoms with E-state index in [4.69, 9.17) is 0 Å². The first kappa shape index (κ1) is 6.98. The number of β-lactam (4-membered cyclic amide) rings is 1. The molecule has 1 saturated heterocycles. The van der Waals surface area contributed by atoms with Gasteiger partial charge in [0.15, 0.2) is 0 Å². The van der Waals surface area contributed by atoms with Crippen LogP contribution in [0, 0.1) is 0 Å². The molecule has 2 rings (SSSR count). The molecule has 2 atom stereocenters. The second-order valence-electron chi connectivity index (χ2n) is 2.64. The molecule has 2 aliphatic heterocycles. The van der Waals surface area contributed by atoms with Crippen molar-refractivity contribution < 1.29 is 4.79 Å². The van der Waals surface area contributed by atoms with Gasteiger partial charge in [-0.1, -0.05) is 12.2 Å². The fourth-order valence-electron chi connectivity index (χ4n) is 1.23. The van der Waals surface area contributed by atoms with Crippen LogP contribution in [-0.2, 0) is 4.79 Å². The molecule has 0 bridgehead atoms. The summed E-state index contributed by atoms with van der Waals surface area (Å²) in [6, 6.07) is 0. The van der Waals surface area contributed by atoms with E-state index in [-0.39, 0.29) is 5.91 Å². The van der Waals surface area contributed by atoms with E-state index in [0.29, 0.717) is 17.0 Å². The van der Waals surface area contributed by atoms with Gasteiger partial charge >= 0.3 is 0 Å². The highest BCUT2D eigenvalue weighted by Crippen LogP contribution is 2.36. The zero-order valence-corrected chi connectivity index (χ0v) is 6.88. The third-order valence-corrected chi connectivity index (χ3v) is 3.30. The predicted molar refractivity (Wildman–Crippen MR) is 46.0 cm³/mol. The number of rotatable bonds is 1. The first-order chi connectivity index (χ1) is 5.31. The molecule has 0 N–H and O–H groups in total. The summed E-state index contributed by atoms with van der Waals surface area (Å²) in [6.45, 7) is 3.71. The van der Waals surface area contributed by atoms with Crippen LogP contribution < -0.4 is 0 Å². The molecule has 0 aromatic rings. The van der Waals surface area contributed by atoms with Crippen molar-refractivity contribution in [3.63, 3.8) is 0 Å². The Morgan fingerprint density at radius 2 is 2.64 bits per heavy atom. The molecule has 0 aromatic heterocycles. The third kappa shape index (κ3) is 0.997. The van der Waals surface area contributed by atoms with E-state index in [1.807, 2.05) is 18.4 Å². The molecule has 58 valence electrons. The van der Waals surface area contributed by atoms with E-state index in [1.54, 1.807) is 16.7 Å². The SMILES string of the molecule is C=CC1C=CN2C(=O)C[C@H]2S1. The normalized spacial score (nSPS) is 34.5. The van der Waals surface area contributed by atoms with Crippen molar-refractivity contribution >= 4 is 17.7 Å². The Hall–Kier alpha value is -0.700. The zero-order chi connectivity index (χ0) is 7.84. The molecule has 2 nitrogen and oxygen atoms in total. The molecule has 0 saturated carbocycles. The van der Waals surface area contributed by atoms with Crippen molar-refractivity contribution in [2.45, 2.75) is 17.0 Å². The lowest BCUT2D eigenvalue weighted by Crippen LogP contribution is -2.49. The van der Waals surface area contributed by atoms with E-state index in [0.717, 1.165) is 0 Å². The van der Waals surface area contributed by atoms with Crippen molar-refractivity contribution in [1.29, 1.82) is 0 Å². The van der Waals surface area contributed by atoms with E-state index >= 15 is 0 Å². The standard InChI is InChI=1S/C8H9NOS/c1-2-6-3-4-9-7(10)5-8(9)11-6/h2-4,6,8H,1,5H2/t6?,8-/m1/s1. The molecule has 0 spiro atoms. The number of carbonyl (C=O) groups is 1. The second-order valence-corrected chi connectivity index (χ2v) is 4.00. The first-order valence-corrected chi connectivity index (χ1v) is 4.53. The lowest BCUT2D eigenvalue weighted by Gasteiger charge is -2.41. The third-order valence-electron chi connectivity index (χ3n) is 1.93. The maximum atomic E-state index is 10.9. The largest absolute Gasteiger partial charge is 0.306 e. The number of nitrogens with zero attached hydrogens (tertiary/aromatic N) is 1. The number of fused-ring (bicyclic) bond motifs is 1. The smallest absolute Gasteiger partial charge is 0.230 e. The Labute approximate surface area is 69.9 Å². The Morgan fingerprint density at radius 1 is 1.82 bits per heavy atom. The Morgan fingerprint density at radius 3 is 3.18 bits per heavy atom. The summed E-state index contributed by atoms with van der Waals surface area (Å²) in [6.07, 6.45) is 6.48. The summed E-state index contributed by atoms with van der Waals surface area (Å²) in [7, 11) is 0. The minimum atomic E-state index is 0.237. The van der Waals surface area contributed by atoms with Gasteiger partial charge in [0.25, 0.3) is 0 Å². The quantitative estimate of drug-likeness (QED) is 0.434. The van der Waals surface area contributed by atoms with Gasteiger partial charge in [0, 0.05) is 11.4 Å². The topological polar surface area (TPSA) is 20.3 Å². The highest BCUT2D eigenvalue weighted by Gasteiger charge is 2.37. The number of thioether (sulfide) groups is 1. The van der Waals surface area contributed by atoms with Gasteiger partial charge in [0.2, 0.25) is 5.91 Å². The molecule has 0 aromatic carbocycles. The van der Waals surface area contributed by atoms with E-state index in [9.17, 15) is 4.79 Å². The van der Waals surface area contributed by atoms with E-state index in [2.05, 4.69) is 6.58 Å². The molecular weight excluding hydrogens is 158 g/mol. The Kier molecular flexibility index (Phi) is 1.53. The Balaban J connectivity index is 2.11. The summed E-state index contributed by atoms with van der Waals surface area (Å²) in [4.78, 5) is 12.7. The van der Waals surface area contributed by atoms with Crippen LogP contribution in [0.2, 0.25) is 0 Å². The van der Waals surface area contributed by atoms with Crippen LogP contribution in [0.1, 0.15) is 6.42 Å². The highest BCUT2D eigenvalue weighted by molar-refractivity contribution is 8.00. The van der Waals surface area contributed by atoms with Crippen LogP contribution in [0.3, 0.4) is 0 Å². The summed E-state index contributed by atoms with van der Waals surface area (Å²) in [5, 5.41) is 0.778. The molecule has 2 heterocycles. The molecule has 3 heteroatoms. The van der Waals surface area contributed by atoms with Crippen molar-refractivity contribution in [3.05, 3.63) is 24.9 Å². The van der Waals surface area contributed by atoms with Crippen LogP contribution in [0.15, 0.2) is 24.9 Å². The summed E-state index contributed by atoms with van der Waals surface area (Å²) < 4.78 is 0. The van der Waals surface area contributed by atoms with Gasteiger partial charge in [-0.15, -0.1) is 18.3 Å². The summed E-state index contributed by atoms with van der Waals surface area (Å²) in [5.74, 6) is 0.237. The minimum Gasteiger partial charge on any atom is -0.306 e. The van der Waals surface area contributed by atoms with Crippen molar-refractivity contribution in [1.82, 2.24) is 4.90 Å². The number of hydrogen-bond acceptors (Lipinski definition) is 2. The molecule has 1 amide bonds. The fourth-order valence-corrected chi connectivity index (χ4v) is 2.43. The average molecular weight is 167 g/mol. The lowest BCUT2D eigenvalue weighted by molar-refractivity contribution is -0.137. The average Bonchev–Trinajstić information content (AvgIpc) is 2.02. The maximum Gasteiger partial charge on any atom is 0.230 e. The molecule has 1 fully saturated rings. The molecule has 0 radical (unpaired) electrons. The van der Waals surface area contributed by atoms with Gasteiger partial charge in [-0.05, 0) is 0 Å². The van der Waals surface area contributed by atoms with Gasteiger partial charge in [-0.25, -0.2) is 0 Å². The molecule has 2 aliphatic rings. The second kappa shape index (κ2) is 2.41. The summed E-state index contributed by atoms with van der Waals surface area (Å²) >= 11 is 1.79. The van der Waals surface area contributed by atoms with Gasteiger partial charge < -0.3 is 4.90 Å². The van der Waals surface area contributed by atoms with Crippen LogP contribution in [-0.4, -0.2) is 21.4 Å². The lowest BCUT2D eigenvalue weighted by atomic mass is 10.2. The summed E-state index contributed by atoms with van der Waals surface area (Å²) in [5.41, 5.74) is 0. The van der Waals surface area contributed by atoms with Crippen LogP contribution in [0.5, 0.6) is 0 Å². The van der Waals surface area contributed by atoms with Gasteiger partial charge in [-0.2, -0.15) is 0 Å². The van der Waals surface area contributed by atoms with Crippen molar-refractivity contribution in [2.75, 3.05) is 0 Å². The number of amides is 1. The minimum absolute atomic E-state index is 0.237. The van der Waals surface area contributed by atoms with Crippen molar-refractivity contribution in [2.24, 2.45) is 0 Å². The number of hydrogen-bond donors (Lipinski definition) is 0. The predicted octanol–water partition coefficient (Wildman–Crippen LogP) is 1.36. The van der Waals surface area contributed by atoms with Gasteiger partial charge in [0.05, 0.1) is 11.8 Å². The van der Waals surface area contributed by atoms with Crippen molar-refractivity contribution in [3.8, 4) is 0 Å². The Bertz CT molecular complexity index is 236. The molecule has 0 aliphatic carbocycles. The van der Waals surface area contributed by atoms with Crippen LogP contribution >= 0.6 is 11.8 Å². The van der Waals surface area contributed by atoms with Gasteiger partial charge in [-0.3, -0.25) is 4.79 Å². The monoisotopic (exact) mass is 167 g/mol. The van der Waals surface area contributed by atoms with Crippen LogP contribution in [0.25, 0.3) is 0 Å². The zero-order valence-electron chi connectivity index (χ0n) is 6.06. The molecule has 11 heavy (non-hydrogen) atoms.